The highest BCUT2D eigenvalue weighted by Gasteiger charge is 2.24. The monoisotopic (exact) mass is 199 g/mol. The van der Waals surface area contributed by atoms with E-state index in [4.69, 9.17) is 0 Å². The summed E-state index contributed by atoms with van der Waals surface area (Å²) >= 11 is 0. The Bertz CT molecular complexity index is 196. The van der Waals surface area contributed by atoms with Crippen LogP contribution in [0.1, 0.15) is 20.3 Å². The molecule has 1 rings (SSSR count). The summed E-state index contributed by atoms with van der Waals surface area (Å²) in [5, 5.41) is 8.85. The predicted molar refractivity (Wildman–Crippen MR) is 57.2 cm³/mol. The van der Waals surface area contributed by atoms with Crippen molar-refractivity contribution >= 4 is 6.03 Å². The molecule has 0 aromatic heterocycles. The molecule has 14 heavy (non-hydrogen) atoms. The third-order valence-electron chi connectivity index (χ3n) is 3.01. The summed E-state index contributed by atoms with van der Waals surface area (Å²) in [6.07, 6.45) is 1.19. The zero-order valence-electron chi connectivity index (χ0n) is 9.26. The normalized spacial score (nSPS) is 32.4. The lowest BCUT2D eigenvalue weighted by Gasteiger charge is -2.33. The summed E-state index contributed by atoms with van der Waals surface area (Å²) < 4.78 is 0. The standard InChI is InChI=1S/C10H21N3O/c1-7-4-8(2)12-5-9(7)6-13-10(14)11-3/h7-9,12H,4-6H2,1-3H3,(H2,11,13,14). The van der Waals surface area contributed by atoms with E-state index in [2.05, 4.69) is 29.8 Å². The molecule has 2 amide bonds. The zero-order valence-corrected chi connectivity index (χ0v) is 9.26. The van der Waals surface area contributed by atoms with Crippen LogP contribution in [-0.2, 0) is 0 Å². The fourth-order valence-corrected chi connectivity index (χ4v) is 1.97. The quantitative estimate of drug-likeness (QED) is 0.608. The topological polar surface area (TPSA) is 53.2 Å². The van der Waals surface area contributed by atoms with Gasteiger partial charge in [-0.25, -0.2) is 4.79 Å². The molecule has 1 aliphatic rings. The first-order valence-corrected chi connectivity index (χ1v) is 5.32. The maximum absolute atomic E-state index is 11.0. The molecule has 3 N–H and O–H groups in total. The van der Waals surface area contributed by atoms with Gasteiger partial charge >= 0.3 is 6.03 Å². The first-order chi connectivity index (χ1) is 6.63. The Morgan fingerprint density at radius 1 is 1.50 bits per heavy atom. The zero-order chi connectivity index (χ0) is 10.6. The second-order valence-electron chi connectivity index (χ2n) is 4.24. The summed E-state index contributed by atoms with van der Waals surface area (Å²) in [5.41, 5.74) is 0. The predicted octanol–water partition coefficient (Wildman–Crippen LogP) is 0.550. The SMILES string of the molecule is CNC(=O)NCC1CNC(C)CC1C. The first-order valence-electron chi connectivity index (χ1n) is 5.32. The van der Waals surface area contributed by atoms with Crippen molar-refractivity contribution in [3.8, 4) is 0 Å². The Labute approximate surface area is 85.8 Å². The van der Waals surface area contributed by atoms with Crippen LogP contribution in [0.25, 0.3) is 0 Å². The average molecular weight is 199 g/mol. The van der Waals surface area contributed by atoms with Crippen LogP contribution in [0.2, 0.25) is 0 Å². The molecule has 1 fully saturated rings. The third kappa shape index (κ3) is 3.18. The molecule has 0 aromatic rings. The van der Waals surface area contributed by atoms with Gasteiger partial charge < -0.3 is 16.0 Å². The molecule has 3 unspecified atom stereocenters. The average Bonchev–Trinajstić information content (AvgIpc) is 2.16. The van der Waals surface area contributed by atoms with E-state index in [1.807, 2.05) is 0 Å². The van der Waals surface area contributed by atoms with Crippen LogP contribution in [0.3, 0.4) is 0 Å². The lowest BCUT2D eigenvalue weighted by Crippen LogP contribution is -2.47. The van der Waals surface area contributed by atoms with Crippen LogP contribution in [0.4, 0.5) is 4.79 Å². The van der Waals surface area contributed by atoms with E-state index in [9.17, 15) is 4.79 Å². The molecule has 0 bridgehead atoms. The molecule has 1 heterocycles. The van der Waals surface area contributed by atoms with E-state index in [-0.39, 0.29) is 6.03 Å². The van der Waals surface area contributed by atoms with Crippen molar-refractivity contribution in [2.45, 2.75) is 26.3 Å². The molecular weight excluding hydrogens is 178 g/mol. The van der Waals surface area contributed by atoms with E-state index < -0.39 is 0 Å². The fourth-order valence-electron chi connectivity index (χ4n) is 1.97. The first kappa shape index (κ1) is 11.3. The molecule has 0 radical (unpaired) electrons. The molecular formula is C10H21N3O. The van der Waals surface area contributed by atoms with Gasteiger partial charge in [0.1, 0.15) is 0 Å². The van der Waals surface area contributed by atoms with E-state index in [1.54, 1.807) is 7.05 Å². The van der Waals surface area contributed by atoms with Crippen LogP contribution < -0.4 is 16.0 Å². The van der Waals surface area contributed by atoms with Crippen molar-refractivity contribution in [3.05, 3.63) is 0 Å². The summed E-state index contributed by atoms with van der Waals surface area (Å²) in [6.45, 7) is 6.24. The number of rotatable bonds is 2. The number of piperidine rings is 1. The second kappa shape index (κ2) is 5.20. The fraction of sp³-hybridized carbons (Fsp3) is 0.900. The van der Waals surface area contributed by atoms with Gasteiger partial charge in [-0.3, -0.25) is 0 Å². The van der Waals surface area contributed by atoms with Gasteiger partial charge in [-0.1, -0.05) is 6.92 Å². The number of nitrogens with one attached hydrogen (secondary N) is 3. The number of urea groups is 1. The number of hydrogen-bond donors (Lipinski definition) is 3. The third-order valence-corrected chi connectivity index (χ3v) is 3.01. The lowest BCUT2D eigenvalue weighted by atomic mass is 9.85. The minimum absolute atomic E-state index is 0.0872. The Morgan fingerprint density at radius 2 is 2.21 bits per heavy atom. The number of carbonyl (C=O) groups is 1. The maximum Gasteiger partial charge on any atom is 0.314 e. The van der Waals surface area contributed by atoms with Gasteiger partial charge in [0, 0.05) is 26.2 Å². The summed E-state index contributed by atoms with van der Waals surface area (Å²) in [6, 6.07) is 0.525. The molecule has 3 atom stereocenters. The second-order valence-corrected chi connectivity index (χ2v) is 4.24. The van der Waals surface area contributed by atoms with Gasteiger partial charge in [-0.2, -0.15) is 0 Å². The molecule has 4 nitrogen and oxygen atoms in total. The smallest absolute Gasteiger partial charge is 0.314 e. The van der Waals surface area contributed by atoms with Crippen molar-refractivity contribution in [2.24, 2.45) is 11.8 Å². The van der Waals surface area contributed by atoms with Crippen LogP contribution >= 0.6 is 0 Å². The van der Waals surface area contributed by atoms with Crippen LogP contribution in [0, 0.1) is 11.8 Å². The number of amides is 2. The van der Waals surface area contributed by atoms with Gasteiger partial charge in [-0.05, 0) is 25.2 Å². The highest BCUT2D eigenvalue weighted by Crippen LogP contribution is 2.20. The van der Waals surface area contributed by atoms with E-state index in [0.29, 0.717) is 17.9 Å². The molecule has 0 spiro atoms. The van der Waals surface area contributed by atoms with Gasteiger partial charge in [-0.15, -0.1) is 0 Å². The van der Waals surface area contributed by atoms with E-state index in [1.165, 1.54) is 6.42 Å². The van der Waals surface area contributed by atoms with Crippen molar-refractivity contribution < 1.29 is 4.79 Å². The van der Waals surface area contributed by atoms with Gasteiger partial charge in [0.15, 0.2) is 0 Å². The highest BCUT2D eigenvalue weighted by atomic mass is 16.2. The molecule has 1 aliphatic heterocycles. The van der Waals surface area contributed by atoms with Crippen molar-refractivity contribution in [1.29, 1.82) is 0 Å². The maximum atomic E-state index is 11.0. The van der Waals surface area contributed by atoms with Crippen molar-refractivity contribution in [3.63, 3.8) is 0 Å². The molecule has 0 aliphatic carbocycles. The van der Waals surface area contributed by atoms with E-state index in [0.717, 1.165) is 13.1 Å². The minimum Gasteiger partial charge on any atom is -0.341 e. The molecule has 4 heteroatoms. The van der Waals surface area contributed by atoms with Crippen molar-refractivity contribution in [1.82, 2.24) is 16.0 Å². The Balaban J connectivity index is 2.27. The minimum atomic E-state index is -0.0872. The van der Waals surface area contributed by atoms with Gasteiger partial charge in [0.2, 0.25) is 0 Å². The largest absolute Gasteiger partial charge is 0.341 e. The Hall–Kier alpha value is -0.770. The van der Waals surface area contributed by atoms with Crippen LogP contribution in [-0.4, -0.2) is 32.2 Å². The molecule has 1 saturated heterocycles. The molecule has 82 valence electrons. The van der Waals surface area contributed by atoms with Crippen molar-refractivity contribution in [2.75, 3.05) is 20.1 Å². The Kier molecular flexibility index (Phi) is 4.20. The Morgan fingerprint density at radius 3 is 2.79 bits per heavy atom. The molecule has 0 saturated carbocycles. The highest BCUT2D eigenvalue weighted by molar-refractivity contribution is 5.73. The number of hydrogen-bond acceptors (Lipinski definition) is 2. The lowest BCUT2D eigenvalue weighted by molar-refractivity contribution is 0.216. The van der Waals surface area contributed by atoms with Crippen LogP contribution in [0.5, 0.6) is 0 Å². The van der Waals surface area contributed by atoms with Gasteiger partial charge in [0.25, 0.3) is 0 Å². The van der Waals surface area contributed by atoms with E-state index >= 15 is 0 Å². The van der Waals surface area contributed by atoms with Crippen LogP contribution in [0.15, 0.2) is 0 Å². The summed E-state index contributed by atoms with van der Waals surface area (Å²) in [4.78, 5) is 11.0. The summed E-state index contributed by atoms with van der Waals surface area (Å²) in [7, 11) is 1.64. The molecule has 0 aromatic carbocycles. The summed E-state index contributed by atoms with van der Waals surface area (Å²) in [5.74, 6) is 1.24. The number of carbonyl (C=O) groups excluding carboxylic acids is 1. The van der Waals surface area contributed by atoms with Gasteiger partial charge in [0.05, 0.1) is 0 Å².